The van der Waals surface area contributed by atoms with Crippen LogP contribution in [0.15, 0.2) is 24.5 Å². The van der Waals surface area contributed by atoms with Gasteiger partial charge in [-0.3, -0.25) is 9.69 Å². The van der Waals surface area contributed by atoms with E-state index < -0.39 is 17.2 Å². The van der Waals surface area contributed by atoms with Crippen LogP contribution in [-0.2, 0) is 10.3 Å². The summed E-state index contributed by atoms with van der Waals surface area (Å²) in [6, 6.07) is 3.61. The zero-order valence-electron chi connectivity index (χ0n) is 16.8. The number of fused-ring (bicyclic) bond motifs is 1. The van der Waals surface area contributed by atoms with Crippen molar-refractivity contribution in [1.82, 2.24) is 24.9 Å². The van der Waals surface area contributed by atoms with E-state index in [0.717, 1.165) is 23.4 Å². The first kappa shape index (κ1) is 19.8. The van der Waals surface area contributed by atoms with E-state index in [4.69, 9.17) is 0 Å². The molecule has 0 radical (unpaired) electrons. The number of nitrogens with one attached hydrogen (secondary N) is 2. The molecule has 0 aromatic carbocycles. The van der Waals surface area contributed by atoms with Crippen molar-refractivity contribution in [2.45, 2.75) is 51.9 Å². The van der Waals surface area contributed by atoms with E-state index in [1.807, 2.05) is 54.6 Å². The van der Waals surface area contributed by atoms with Crippen molar-refractivity contribution in [1.29, 1.82) is 0 Å². The maximum absolute atomic E-state index is 14.2. The number of nitrogens with zero attached hydrogens (tertiary/aromatic N) is 3. The Balaban J connectivity index is 1.81. The minimum absolute atomic E-state index is 0.110. The van der Waals surface area contributed by atoms with Gasteiger partial charge in [0.25, 0.3) is 0 Å². The lowest BCUT2D eigenvalue weighted by molar-refractivity contribution is -0.129. The molecule has 6 nitrogen and oxygen atoms in total. The highest BCUT2D eigenvalue weighted by Gasteiger charge is 2.36. The lowest BCUT2D eigenvalue weighted by Gasteiger charge is -2.39. The van der Waals surface area contributed by atoms with Crippen LogP contribution in [0.1, 0.15) is 39.1 Å². The van der Waals surface area contributed by atoms with E-state index in [0.29, 0.717) is 13.1 Å². The molecule has 148 valence electrons. The van der Waals surface area contributed by atoms with E-state index in [9.17, 15) is 9.18 Å². The average Bonchev–Trinajstić information content (AvgIpc) is 3.00. The van der Waals surface area contributed by atoms with E-state index in [2.05, 4.69) is 15.6 Å². The van der Waals surface area contributed by atoms with Crippen LogP contribution in [0, 0.1) is 6.92 Å². The van der Waals surface area contributed by atoms with Gasteiger partial charge >= 0.3 is 0 Å². The Morgan fingerprint density at radius 1 is 1.41 bits per heavy atom. The quantitative estimate of drug-likeness (QED) is 0.839. The number of piperazine rings is 1. The van der Waals surface area contributed by atoms with Crippen LogP contribution in [0.4, 0.5) is 4.39 Å². The lowest BCUT2D eigenvalue weighted by atomic mass is 10.0. The standard InChI is InChI=1S/C20H30FN5O/c1-14-7-6-9-26-15(14)12-23-18(26)20(4,5)24-17(27)16-11-22-8-10-25(16)13-19(2,3)21/h6-7,9,12,16,22H,8,10-11,13H2,1-5H3,(H,24,27)/t16-/m0/s1. The van der Waals surface area contributed by atoms with Gasteiger partial charge in [-0.05, 0) is 46.2 Å². The number of carbonyl (C=O) groups excluding carboxylic acids is 1. The second-order valence-electron chi connectivity index (χ2n) is 8.55. The van der Waals surface area contributed by atoms with Gasteiger partial charge in [0, 0.05) is 32.4 Å². The molecule has 2 aromatic heterocycles. The van der Waals surface area contributed by atoms with Crippen molar-refractivity contribution >= 4 is 11.4 Å². The number of imidazole rings is 1. The van der Waals surface area contributed by atoms with E-state index in [-0.39, 0.29) is 12.5 Å². The Morgan fingerprint density at radius 3 is 2.85 bits per heavy atom. The van der Waals surface area contributed by atoms with Gasteiger partial charge in [-0.2, -0.15) is 0 Å². The van der Waals surface area contributed by atoms with Gasteiger partial charge in [0.05, 0.1) is 17.3 Å². The SMILES string of the molecule is Cc1cccn2c(C(C)(C)NC(=O)[C@@H]3CNCCN3CC(C)(C)F)ncc12. The number of pyridine rings is 1. The normalized spacial score (nSPS) is 19.4. The molecule has 1 fully saturated rings. The van der Waals surface area contributed by atoms with Crippen LogP contribution < -0.4 is 10.6 Å². The molecule has 7 heteroatoms. The minimum atomic E-state index is -1.35. The Kier molecular flexibility index (Phi) is 5.27. The summed E-state index contributed by atoms with van der Waals surface area (Å²) in [5.41, 5.74) is 0.148. The van der Waals surface area contributed by atoms with E-state index >= 15 is 0 Å². The summed E-state index contributed by atoms with van der Waals surface area (Å²) in [5.74, 6) is 0.663. The number of alkyl halides is 1. The van der Waals surface area contributed by atoms with Crippen molar-refractivity contribution < 1.29 is 9.18 Å². The molecule has 1 saturated heterocycles. The molecule has 0 unspecified atom stereocenters. The predicted molar refractivity (Wildman–Crippen MR) is 105 cm³/mol. The number of aromatic nitrogens is 2. The maximum atomic E-state index is 14.2. The molecule has 27 heavy (non-hydrogen) atoms. The Bertz CT molecular complexity index is 823. The molecule has 3 heterocycles. The number of amides is 1. The Labute approximate surface area is 160 Å². The molecule has 1 amide bonds. The molecule has 0 saturated carbocycles. The first-order chi connectivity index (χ1) is 12.6. The molecule has 0 aliphatic carbocycles. The number of halogens is 1. The van der Waals surface area contributed by atoms with Crippen molar-refractivity contribution in [2.75, 3.05) is 26.2 Å². The van der Waals surface area contributed by atoms with Crippen LogP contribution in [0.2, 0.25) is 0 Å². The van der Waals surface area contributed by atoms with E-state index in [1.54, 1.807) is 13.8 Å². The van der Waals surface area contributed by atoms with Gasteiger partial charge < -0.3 is 15.0 Å². The highest BCUT2D eigenvalue weighted by atomic mass is 19.1. The van der Waals surface area contributed by atoms with Gasteiger partial charge in [-0.25, -0.2) is 9.37 Å². The summed E-state index contributed by atoms with van der Waals surface area (Å²) in [5, 5.41) is 6.37. The summed E-state index contributed by atoms with van der Waals surface area (Å²) in [4.78, 5) is 19.5. The molecular formula is C20H30FN5O. The topological polar surface area (TPSA) is 61.7 Å². The first-order valence-electron chi connectivity index (χ1n) is 9.47. The lowest BCUT2D eigenvalue weighted by Crippen LogP contribution is -2.61. The summed E-state index contributed by atoms with van der Waals surface area (Å²) in [6.45, 7) is 11.2. The van der Waals surface area contributed by atoms with Crippen LogP contribution in [-0.4, -0.2) is 58.1 Å². The average molecular weight is 375 g/mol. The predicted octanol–water partition coefficient (Wildman–Crippen LogP) is 2.02. The summed E-state index contributed by atoms with van der Waals surface area (Å²) in [7, 11) is 0. The summed E-state index contributed by atoms with van der Waals surface area (Å²) in [6.07, 6.45) is 3.79. The zero-order valence-corrected chi connectivity index (χ0v) is 16.8. The number of carbonyl (C=O) groups is 1. The van der Waals surface area contributed by atoms with Crippen LogP contribution in [0.5, 0.6) is 0 Å². The highest BCUT2D eigenvalue weighted by Crippen LogP contribution is 2.23. The van der Waals surface area contributed by atoms with Crippen LogP contribution >= 0.6 is 0 Å². The van der Waals surface area contributed by atoms with Crippen LogP contribution in [0.3, 0.4) is 0 Å². The monoisotopic (exact) mass is 375 g/mol. The van der Waals surface area contributed by atoms with Crippen molar-refractivity contribution in [3.05, 3.63) is 35.9 Å². The Morgan fingerprint density at radius 2 is 2.15 bits per heavy atom. The fourth-order valence-electron chi connectivity index (χ4n) is 3.75. The van der Waals surface area contributed by atoms with Gasteiger partial charge in [0.1, 0.15) is 17.5 Å². The zero-order chi connectivity index (χ0) is 19.8. The van der Waals surface area contributed by atoms with Gasteiger partial charge in [-0.1, -0.05) is 6.07 Å². The molecule has 0 spiro atoms. The maximum Gasteiger partial charge on any atom is 0.239 e. The highest BCUT2D eigenvalue weighted by molar-refractivity contribution is 5.83. The molecule has 1 aliphatic heterocycles. The van der Waals surface area contributed by atoms with Crippen molar-refractivity contribution in [2.24, 2.45) is 0 Å². The third-order valence-electron chi connectivity index (χ3n) is 5.01. The summed E-state index contributed by atoms with van der Waals surface area (Å²) < 4.78 is 16.2. The minimum Gasteiger partial charge on any atom is -0.343 e. The second-order valence-corrected chi connectivity index (χ2v) is 8.55. The molecule has 0 bridgehead atoms. The molecule has 2 aromatic rings. The molecule has 2 N–H and O–H groups in total. The largest absolute Gasteiger partial charge is 0.343 e. The van der Waals surface area contributed by atoms with E-state index in [1.165, 1.54) is 0 Å². The molecule has 3 rings (SSSR count). The van der Waals surface area contributed by atoms with Gasteiger partial charge in [-0.15, -0.1) is 0 Å². The van der Waals surface area contributed by atoms with Crippen molar-refractivity contribution in [3.8, 4) is 0 Å². The van der Waals surface area contributed by atoms with Crippen LogP contribution in [0.25, 0.3) is 5.52 Å². The fourth-order valence-corrected chi connectivity index (χ4v) is 3.75. The first-order valence-corrected chi connectivity index (χ1v) is 9.47. The third-order valence-corrected chi connectivity index (χ3v) is 5.01. The van der Waals surface area contributed by atoms with Crippen molar-refractivity contribution in [3.63, 3.8) is 0 Å². The Hall–Kier alpha value is -1.99. The number of hydrogen-bond acceptors (Lipinski definition) is 4. The molecule has 1 aliphatic rings. The fraction of sp³-hybridized carbons (Fsp3) is 0.600. The molecule has 1 atom stereocenters. The molecular weight excluding hydrogens is 345 g/mol. The smallest absolute Gasteiger partial charge is 0.239 e. The number of rotatable bonds is 5. The second kappa shape index (κ2) is 7.20. The number of hydrogen-bond donors (Lipinski definition) is 2. The third kappa shape index (κ3) is 4.30. The number of aryl methyl sites for hydroxylation is 1. The van der Waals surface area contributed by atoms with Gasteiger partial charge in [0.15, 0.2) is 0 Å². The van der Waals surface area contributed by atoms with Gasteiger partial charge in [0.2, 0.25) is 5.91 Å². The summed E-state index contributed by atoms with van der Waals surface area (Å²) >= 11 is 0.